The van der Waals surface area contributed by atoms with Crippen molar-refractivity contribution in [1.82, 2.24) is 19.6 Å². The molecule has 0 amide bonds. The van der Waals surface area contributed by atoms with Crippen LogP contribution >= 0.6 is 0 Å². The molecular weight excluding hydrogens is 257 g/mol. The fourth-order valence-electron chi connectivity index (χ4n) is 1.73. The minimum absolute atomic E-state index is 0.343. The van der Waals surface area contributed by atoms with Crippen LogP contribution in [0, 0.1) is 0 Å². The van der Waals surface area contributed by atoms with Gasteiger partial charge >= 0.3 is 6.18 Å². The number of halogens is 3. The Kier molecular flexibility index (Phi) is 2.48. The van der Waals surface area contributed by atoms with E-state index in [-0.39, 0.29) is 0 Å². The van der Waals surface area contributed by atoms with Crippen LogP contribution in [0.3, 0.4) is 0 Å². The SMILES string of the molecule is FC(F)(F)c1cccc(-c2cn3nccnc3n2)c1. The highest BCUT2D eigenvalue weighted by Gasteiger charge is 2.30. The second-order valence-electron chi connectivity index (χ2n) is 3.89. The lowest BCUT2D eigenvalue weighted by atomic mass is 10.1. The number of hydrogen-bond acceptors (Lipinski definition) is 3. The van der Waals surface area contributed by atoms with Gasteiger partial charge in [0, 0.05) is 5.56 Å². The predicted octanol–water partition coefficient (Wildman–Crippen LogP) is 2.81. The molecule has 0 fully saturated rings. The van der Waals surface area contributed by atoms with Gasteiger partial charge in [-0.15, -0.1) is 0 Å². The maximum Gasteiger partial charge on any atom is 0.416 e. The van der Waals surface area contributed by atoms with Crippen molar-refractivity contribution in [2.24, 2.45) is 0 Å². The lowest BCUT2D eigenvalue weighted by molar-refractivity contribution is -0.137. The average molecular weight is 264 g/mol. The van der Waals surface area contributed by atoms with E-state index >= 15 is 0 Å². The molecule has 19 heavy (non-hydrogen) atoms. The number of imidazole rings is 1. The first-order valence-corrected chi connectivity index (χ1v) is 5.38. The zero-order valence-electron chi connectivity index (χ0n) is 9.46. The highest BCUT2D eigenvalue weighted by Crippen LogP contribution is 2.31. The summed E-state index contributed by atoms with van der Waals surface area (Å²) in [6, 6.07) is 5.00. The smallest absolute Gasteiger partial charge is 0.218 e. The molecule has 3 rings (SSSR count). The van der Waals surface area contributed by atoms with E-state index < -0.39 is 11.7 Å². The zero-order valence-corrected chi connectivity index (χ0v) is 9.46. The van der Waals surface area contributed by atoms with Gasteiger partial charge in [0.2, 0.25) is 0 Å². The molecular formula is C12H7F3N4. The summed E-state index contributed by atoms with van der Waals surface area (Å²) in [7, 11) is 0. The number of nitrogens with zero attached hydrogens (tertiary/aromatic N) is 4. The van der Waals surface area contributed by atoms with Crippen LogP contribution in [-0.2, 0) is 6.18 Å². The summed E-state index contributed by atoms with van der Waals surface area (Å²) in [5.74, 6) is 0.343. The number of rotatable bonds is 1. The summed E-state index contributed by atoms with van der Waals surface area (Å²) in [6.45, 7) is 0. The summed E-state index contributed by atoms with van der Waals surface area (Å²) in [4.78, 5) is 8.09. The Morgan fingerprint density at radius 3 is 2.68 bits per heavy atom. The van der Waals surface area contributed by atoms with Crippen LogP contribution in [0.15, 0.2) is 42.9 Å². The van der Waals surface area contributed by atoms with Crippen LogP contribution in [0.25, 0.3) is 17.0 Å². The van der Waals surface area contributed by atoms with Gasteiger partial charge in [-0.25, -0.2) is 14.5 Å². The van der Waals surface area contributed by atoms with Crippen LogP contribution in [-0.4, -0.2) is 19.6 Å². The van der Waals surface area contributed by atoms with E-state index in [1.165, 1.54) is 29.2 Å². The first-order valence-electron chi connectivity index (χ1n) is 5.38. The second-order valence-corrected chi connectivity index (χ2v) is 3.89. The van der Waals surface area contributed by atoms with Gasteiger partial charge < -0.3 is 0 Å². The van der Waals surface area contributed by atoms with Crippen LogP contribution in [0.2, 0.25) is 0 Å². The molecule has 2 aromatic heterocycles. The van der Waals surface area contributed by atoms with E-state index in [0.717, 1.165) is 12.1 Å². The molecule has 0 aliphatic carbocycles. The Hall–Kier alpha value is -2.44. The Bertz CT molecular complexity index is 700. The van der Waals surface area contributed by atoms with Crippen molar-refractivity contribution in [3.05, 3.63) is 48.4 Å². The Labute approximate surface area is 105 Å². The van der Waals surface area contributed by atoms with Crippen molar-refractivity contribution in [1.29, 1.82) is 0 Å². The van der Waals surface area contributed by atoms with E-state index in [0.29, 0.717) is 17.0 Å². The molecule has 0 aliphatic heterocycles. The molecule has 2 heterocycles. The molecule has 0 atom stereocenters. The molecule has 0 aliphatic rings. The van der Waals surface area contributed by atoms with Gasteiger partial charge in [0.25, 0.3) is 5.78 Å². The second kappa shape index (κ2) is 4.04. The minimum atomic E-state index is -4.37. The average Bonchev–Trinajstić information content (AvgIpc) is 2.81. The zero-order chi connectivity index (χ0) is 13.5. The normalized spacial score (nSPS) is 11.9. The topological polar surface area (TPSA) is 43.1 Å². The lowest BCUT2D eigenvalue weighted by Crippen LogP contribution is -2.04. The molecule has 0 saturated heterocycles. The van der Waals surface area contributed by atoms with Crippen molar-refractivity contribution < 1.29 is 13.2 Å². The third-order valence-electron chi connectivity index (χ3n) is 2.60. The van der Waals surface area contributed by atoms with Gasteiger partial charge in [-0.1, -0.05) is 12.1 Å². The van der Waals surface area contributed by atoms with Gasteiger partial charge in [0.15, 0.2) is 0 Å². The van der Waals surface area contributed by atoms with Crippen molar-refractivity contribution >= 4 is 5.78 Å². The molecule has 7 heteroatoms. The Morgan fingerprint density at radius 1 is 1.11 bits per heavy atom. The third kappa shape index (κ3) is 2.14. The van der Waals surface area contributed by atoms with Gasteiger partial charge in [0.05, 0.1) is 29.8 Å². The number of hydrogen-bond donors (Lipinski definition) is 0. The van der Waals surface area contributed by atoms with E-state index in [1.807, 2.05) is 0 Å². The van der Waals surface area contributed by atoms with Crippen molar-refractivity contribution in [3.63, 3.8) is 0 Å². The van der Waals surface area contributed by atoms with Gasteiger partial charge in [-0.05, 0) is 12.1 Å². The molecule has 0 bridgehead atoms. The van der Waals surface area contributed by atoms with E-state index in [9.17, 15) is 13.2 Å². The van der Waals surface area contributed by atoms with Crippen LogP contribution in [0.1, 0.15) is 5.56 Å². The molecule has 1 aromatic carbocycles. The lowest BCUT2D eigenvalue weighted by Gasteiger charge is -2.07. The highest BCUT2D eigenvalue weighted by atomic mass is 19.4. The Morgan fingerprint density at radius 2 is 1.95 bits per heavy atom. The van der Waals surface area contributed by atoms with Crippen LogP contribution in [0.5, 0.6) is 0 Å². The summed E-state index contributed by atoms with van der Waals surface area (Å²) in [5, 5.41) is 3.97. The number of alkyl halides is 3. The summed E-state index contributed by atoms with van der Waals surface area (Å²) in [6.07, 6.45) is 0.117. The monoisotopic (exact) mass is 264 g/mol. The largest absolute Gasteiger partial charge is 0.416 e. The van der Waals surface area contributed by atoms with Gasteiger partial charge in [0.1, 0.15) is 0 Å². The molecule has 0 spiro atoms. The summed E-state index contributed by atoms with van der Waals surface area (Å²) < 4.78 is 39.3. The number of fused-ring (bicyclic) bond motifs is 1. The van der Waals surface area contributed by atoms with Crippen LogP contribution < -0.4 is 0 Å². The molecule has 0 saturated carbocycles. The fourth-order valence-corrected chi connectivity index (χ4v) is 1.73. The summed E-state index contributed by atoms with van der Waals surface area (Å²) >= 11 is 0. The van der Waals surface area contributed by atoms with E-state index in [4.69, 9.17) is 0 Å². The first-order chi connectivity index (χ1) is 9.04. The minimum Gasteiger partial charge on any atom is -0.218 e. The maximum atomic E-state index is 12.6. The van der Waals surface area contributed by atoms with E-state index in [2.05, 4.69) is 15.1 Å². The molecule has 0 radical (unpaired) electrons. The molecule has 3 aromatic rings. The van der Waals surface area contributed by atoms with Crippen molar-refractivity contribution in [2.45, 2.75) is 6.18 Å². The number of aromatic nitrogens is 4. The molecule has 4 nitrogen and oxygen atoms in total. The predicted molar refractivity (Wildman–Crippen MR) is 61.2 cm³/mol. The molecule has 96 valence electrons. The maximum absolute atomic E-state index is 12.6. The third-order valence-corrected chi connectivity index (χ3v) is 2.60. The van der Waals surface area contributed by atoms with Crippen LogP contribution in [0.4, 0.5) is 13.2 Å². The fraction of sp³-hybridized carbons (Fsp3) is 0.0833. The molecule has 0 unspecified atom stereocenters. The number of benzene rings is 1. The van der Waals surface area contributed by atoms with Crippen molar-refractivity contribution in [2.75, 3.05) is 0 Å². The van der Waals surface area contributed by atoms with E-state index in [1.54, 1.807) is 6.07 Å². The Balaban J connectivity index is 2.11. The quantitative estimate of drug-likeness (QED) is 0.678. The molecule has 0 N–H and O–H groups in total. The van der Waals surface area contributed by atoms with Crippen molar-refractivity contribution in [3.8, 4) is 11.3 Å². The highest BCUT2D eigenvalue weighted by molar-refractivity contribution is 5.62. The summed E-state index contributed by atoms with van der Waals surface area (Å²) in [5.41, 5.74) is 0.0717. The van der Waals surface area contributed by atoms with Gasteiger partial charge in [-0.3, -0.25) is 0 Å². The first kappa shape index (κ1) is 11.6. The van der Waals surface area contributed by atoms with Gasteiger partial charge in [-0.2, -0.15) is 18.3 Å². The standard InChI is InChI=1S/C12H7F3N4/c13-12(14,15)9-3-1-2-8(6-9)10-7-19-11(18-10)16-4-5-17-19/h1-7H.